The van der Waals surface area contributed by atoms with Crippen LogP contribution in [-0.2, 0) is 10.0 Å². The Hall–Kier alpha value is -2.22. The molecule has 0 radical (unpaired) electrons. The molecule has 3 aromatic heterocycles. The van der Waals surface area contributed by atoms with Crippen molar-refractivity contribution in [1.29, 1.82) is 0 Å². The van der Waals surface area contributed by atoms with Gasteiger partial charge in [0.25, 0.3) is 6.43 Å². The second kappa shape index (κ2) is 8.18. The van der Waals surface area contributed by atoms with E-state index in [4.69, 9.17) is 0 Å². The zero-order valence-electron chi connectivity index (χ0n) is 19.3. The number of rotatable bonds is 6. The molecule has 1 aliphatic carbocycles. The Morgan fingerprint density at radius 1 is 1.26 bits per heavy atom. The van der Waals surface area contributed by atoms with Gasteiger partial charge in [-0.2, -0.15) is 0 Å². The second-order valence-corrected chi connectivity index (χ2v) is 12.3. The molecule has 2 fully saturated rings. The van der Waals surface area contributed by atoms with Gasteiger partial charge >= 0.3 is 0 Å². The molecule has 9 nitrogen and oxygen atoms in total. The maximum absolute atomic E-state index is 13.3. The van der Waals surface area contributed by atoms with Crippen LogP contribution >= 0.6 is 11.3 Å². The zero-order valence-corrected chi connectivity index (χ0v) is 20.9. The van der Waals surface area contributed by atoms with E-state index in [1.54, 1.807) is 10.5 Å². The lowest BCUT2D eigenvalue weighted by molar-refractivity contribution is 0.150. The minimum absolute atomic E-state index is 0.0685. The van der Waals surface area contributed by atoms with Crippen LogP contribution in [0.1, 0.15) is 52.0 Å². The van der Waals surface area contributed by atoms with Gasteiger partial charge in [0.15, 0.2) is 15.7 Å². The van der Waals surface area contributed by atoms with Crippen molar-refractivity contribution in [1.82, 2.24) is 29.6 Å². The number of hydrogen-bond donors (Lipinski definition) is 2. The van der Waals surface area contributed by atoms with E-state index < -0.39 is 27.0 Å². The van der Waals surface area contributed by atoms with Crippen LogP contribution in [0, 0.1) is 0 Å². The van der Waals surface area contributed by atoms with E-state index in [9.17, 15) is 17.2 Å². The molecule has 1 aliphatic heterocycles. The molecule has 184 valence electrons. The molecule has 0 bridgehead atoms. The molecular formula is C21H27F2N7O2S2. The number of sulfonamides is 1. The number of anilines is 1. The van der Waals surface area contributed by atoms with Crippen molar-refractivity contribution < 1.29 is 17.2 Å². The highest BCUT2D eigenvalue weighted by molar-refractivity contribution is 7.89. The average molecular weight is 512 g/mol. The van der Waals surface area contributed by atoms with E-state index in [0.717, 1.165) is 24.2 Å². The van der Waals surface area contributed by atoms with Gasteiger partial charge in [-0.15, -0.1) is 10.2 Å². The van der Waals surface area contributed by atoms with E-state index in [2.05, 4.69) is 50.9 Å². The summed E-state index contributed by atoms with van der Waals surface area (Å²) >= 11 is 0.768. The summed E-state index contributed by atoms with van der Waals surface area (Å²) in [4.78, 5) is 6.80. The van der Waals surface area contributed by atoms with Crippen LogP contribution < -0.4 is 14.9 Å². The summed E-state index contributed by atoms with van der Waals surface area (Å²) in [7, 11) is -3.83. The molecule has 0 unspecified atom stereocenters. The number of pyridine rings is 1. The number of hydrogen-bond acceptors (Lipinski definition) is 8. The molecule has 3 aromatic rings. The van der Waals surface area contributed by atoms with Gasteiger partial charge in [0.05, 0.1) is 11.9 Å². The van der Waals surface area contributed by atoms with Crippen LogP contribution in [0.15, 0.2) is 23.4 Å². The van der Waals surface area contributed by atoms with Gasteiger partial charge in [-0.25, -0.2) is 26.9 Å². The maximum Gasteiger partial charge on any atom is 0.291 e. The molecule has 2 aliphatic rings. The Labute approximate surface area is 200 Å². The first-order valence-electron chi connectivity index (χ1n) is 11.2. The lowest BCUT2D eigenvalue weighted by atomic mass is 10.0. The van der Waals surface area contributed by atoms with E-state index in [0.29, 0.717) is 23.6 Å². The molecular weight excluding hydrogens is 484 g/mol. The number of halogens is 2. The number of alkyl halides is 2. The van der Waals surface area contributed by atoms with Crippen molar-refractivity contribution >= 4 is 32.7 Å². The molecule has 13 heteroatoms. The van der Waals surface area contributed by atoms with Gasteiger partial charge in [-0.3, -0.25) is 4.40 Å². The third-order valence-electron chi connectivity index (χ3n) is 6.64. The standard InChI is InChI=1S/C21H27F2N7O2S2/c1-11-9-29(13(3)12(2)25-11)15-7-14(34(31,32)28-21(4)5-6-21)10-30-16(8-24-18(15)30)19-26-27-20(33-19)17(22)23/h7-8,10-13,17,25,28H,5-6,9H2,1-4H3/t11-,12+,13+/m1/s1. The normalized spacial score (nSPS) is 24.8. The smallest absolute Gasteiger partial charge is 0.291 e. The van der Waals surface area contributed by atoms with Crippen molar-refractivity contribution in [3.8, 4) is 10.7 Å². The van der Waals surface area contributed by atoms with Gasteiger partial charge in [0, 0.05) is 36.4 Å². The molecule has 5 rings (SSSR count). The highest BCUT2D eigenvalue weighted by Crippen LogP contribution is 2.38. The fourth-order valence-corrected chi connectivity index (χ4v) is 6.54. The SMILES string of the molecule is C[C@@H]1CN(c2cc(S(=O)(=O)NC3(C)CC3)cn3c(-c4nnc(C(F)F)s4)cnc23)[C@@H](C)[C@H](C)N1. The number of fused-ring (bicyclic) bond motifs is 1. The van der Waals surface area contributed by atoms with Gasteiger partial charge in [0.1, 0.15) is 10.6 Å². The van der Waals surface area contributed by atoms with Crippen LogP contribution in [0.4, 0.5) is 14.5 Å². The molecule has 0 amide bonds. The molecule has 2 N–H and O–H groups in total. The van der Waals surface area contributed by atoms with E-state index >= 15 is 0 Å². The molecule has 4 heterocycles. The van der Waals surface area contributed by atoms with Crippen molar-refractivity contribution in [3.05, 3.63) is 23.5 Å². The summed E-state index contributed by atoms with van der Waals surface area (Å²) in [6.45, 7) is 8.78. The summed E-state index contributed by atoms with van der Waals surface area (Å²) < 4.78 is 57.4. The third-order valence-corrected chi connectivity index (χ3v) is 9.20. The fraction of sp³-hybridized carbons (Fsp3) is 0.571. The summed E-state index contributed by atoms with van der Waals surface area (Å²) in [6, 6.07) is 2.07. The summed E-state index contributed by atoms with van der Waals surface area (Å²) in [6.07, 6.45) is 1.84. The third kappa shape index (κ3) is 4.18. The zero-order chi connectivity index (χ0) is 24.4. The number of nitrogens with zero attached hydrogens (tertiary/aromatic N) is 5. The van der Waals surface area contributed by atoms with Gasteiger partial charge in [-0.1, -0.05) is 11.3 Å². The Morgan fingerprint density at radius 3 is 2.65 bits per heavy atom. The number of imidazole rings is 1. The molecule has 34 heavy (non-hydrogen) atoms. The molecule has 1 saturated carbocycles. The lowest BCUT2D eigenvalue weighted by Crippen LogP contribution is -2.59. The average Bonchev–Trinajstić information content (AvgIpc) is 3.17. The van der Waals surface area contributed by atoms with Crippen molar-refractivity contribution in [2.45, 2.75) is 75.5 Å². The highest BCUT2D eigenvalue weighted by Gasteiger charge is 2.42. The van der Waals surface area contributed by atoms with Crippen LogP contribution in [0.5, 0.6) is 0 Å². The number of nitrogens with one attached hydrogen (secondary N) is 2. The summed E-state index contributed by atoms with van der Waals surface area (Å²) in [5.41, 5.74) is 1.18. The number of piperazine rings is 1. The fourth-order valence-electron chi connectivity index (χ4n) is 4.35. The van der Waals surface area contributed by atoms with Crippen molar-refractivity contribution in [2.75, 3.05) is 11.4 Å². The molecule has 1 saturated heterocycles. The predicted octanol–water partition coefficient (Wildman–Crippen LogP) is 3.20. The van der Waals surface area contributed by atoms with Crippen LogP contribution in [-0.4, -0.2) is 58.2 Å². The van der Waals surface area contributed by atoms with Crippen molar-refractivity contribution in [3.63, 3.8) is 0 Å². The molecule has 0 aromatic carbocycles. The summed E-state index contributed by atoms with van der Waals surface area (Å²) in [5, 5.41) is 10.9. The Bertz CT molecular complexity index is 1340. The first-order chi connectivity index (χ1) is 16.0. The largest absolute Gasteiger partial charge is 0.363 e. The van der Waals surface area contributed by atoms with E-state index in [1.807, 2.05) is 6.92 Å². The van der Waals surface area contributed by atoms with E-state index in [1.165, 1.54) is 12.4 Å². The Morgan fingerprint density at radius 2 is 2.00 bits per heavy atom. The van der Waals surface area contributed by atoms with E-state index in [-0.39, 0.29) is 28.0 Å². The maximum atomic E-state index is 13.3. The van der Waals surface area contributed by atoms with Gasteiger partial charge in [-0.05, 0) is 46.6 Å². The first-order valence-corrected chi connectivity index (χ1v) is 13.5. The first kappa shape index (κ1) is 23.5. The topological polar surface area (TPSA) is 105 Å². The van der Waals surface area contributed by atoms with Crippen molar-refractivity contribution in [2.24, 2.45) is 0 Å². The quantitative estimate of drug-likeness (QED) is 0.524. The second-order valence-electron chi connectivity index (χ2n) is 9.56. The summed E-state index contributed by atoms with van der Waals surface area (Å²) in [5.74, 6) is 0. The van der Waals surface area contributed by atoms with Crippen LogP contribution in [0.2, 0.25) is 0 Å². The Balaban J connectivity index is 1.69. The Kier molecular flexibility index (Phi) is 5.66. The predicted molar refractivity (Wildman–Crippen MR) is 126 cm³/mol. The van der Waals surface area contributed by atoms with Crippen LogP contribution in [0.3, 0.4) is 0 Å². The highest BCUT2D eigenvalue weighted by atomic mass is 32.2. The van der Waals surface area contributed by atoms with Gasteiger partial charge in [0.2, 0.25) is 10.0 Å². The number of aromatic nitrogens is 4. The minimum Gasteiger partial charge on any atom is -0.363 e. The van der Waals surface area contributed by atoms with Crippen LogP contribution in [0.25, 0.3) is 16.3 Å². The molecule has 3 atom stereocenters. The lowest BCUT2D eigenvalue weighted by Gasteiger charge is -2.43. The molecule has 0 spiro atoms. The van der Waals surface area contributed by atoms with Gasteiger partial charge < -0.3 is 10.2 Å². The monoisotopic (exact) mass is 511 g/mol. The minimum atomic E-state index is -3.83.